The van der Waals surface area contributed by atoms with Crippen LogP contribution in [-0.2, 0) is 10.0 Å². The molecule has 1 fully saturated rings. The van der Waals surface area contributed by atoms with Crippen molar-refractivity contribution in [3.63, 3.8) is 0 Å². The van der Waals surface area contributed by atoms with Crippen molar-refractivity contribution in [1.82, 2.24) is 0 Å². The fourth-order valence-electron chi connectivity index (χ4n) is 2.90. The van der Waals surface area contributed by atoms with Crippen LogP contribution >= 0.6 is 11.6 Å². The molecule has 1 aliphatic rings. The number of Topliss-reactive ketones (excluding diaryl/α,β-unsaturated/α-hetero) is 1. The molecular weight excluding hydrogens is 388 g/mol. The van der Waals surface area contributed by atoms with Gasteiger partial charge in [-0.25, -0.2) is 8.42 Å². The molecule has 1 saturated heterocycles. The number of hydrogen-bond donors (Lipinski definition) is 1. The lowest BCUT2D eigenvalue weighted by atomic mass is 10.1. The smallest absolute Gasteiger partial charge is 0.255 e. The van der Waals surface area contributed by atoms with E-state index in [1.165, 1.54) is 23.4 Å². The molecule has 0 bridgehead atoms. The normalized spacial score (nSPS) is 16.0. The summed E-state index contributed by atoms with van der Waals surface area (Å²) in [7, 11) is -3.43. The van der Waals surface area contributed by atoms with Crippen LogP contribution in [0.25, 0.3) is 0 Å². The molecule has 3 rings (SSSR count). The second-order valence-electron chi connectivity index (χ2n) is 6.35. The first-order valence-corrected chi connectivity index (χ1v) is 10.5. The standard InChI is InChI=1S/C19H19ClN2O4S/c1-13(23)14-4-7-16(8-5-14)21-19(24)15-6-9-17(20)18(12-15)22-10-2-3-11-27(22,25)26/h4-9,12H,2-3,10-11H2,1H3,(H,21,24). The predicted molar refractivity (Wildman–Crippen MR) is 106 cm³/mol. The molecule has 1 amide bonds. The first kappa shape index (κ1) is 19.4. The maximum Gasteiger partial charge on any atom is 0.255 e. The Labute approximate surface area is 163 Å². The molecule has 8 heteroatoms. The molecular formula is C19H19ClN2O4S. The van der Waals surface area contributed by atoms with Gasteiger partial charge in [0.1, 0.15) is 0 Å². The molecule has 0 saturated carbocycles. The largest absolute Gasteiger partial charge is 0.322 e. The number of anilines is 2. The molecule has 1 aliphatic heterocycles. The van der Waals surface area contributed by atoms with Crippen molar-refractivity contribution in [3.8, 4) is 0 Å². The van der Waals surface area contributed by atoms with Gasteiger partial charge in [0.05, 0.1) is 16.5 Å². The molecule has 0 aromatic heterocycles. The number of hydrogen-bond acceptors (Lipinski definition) is 4. The van der Waals surface area contributed by atoms with E-state index < -0.39 is 15.9 Å². The van der Waals surface area contributed by atoms with E-state index in [9.17, 15) is 18.0 Å². The number of halogens is 1. The van der Waals surface area contributed by atoms with E-state index in [0.717, 1.165) is 6.42 Å². The van der Waals surface area contributed by atoms with Crippen molar-refractivity contribution in [3.05, 3.63) is 58.6 Å². The summed E-state index contributed by atoms with van der Waals surface area (Å²) < 4.78 is 25.9. The van der Waals surface area contributed by atoms with Gasteiger partial charge in [-0.05, 0) is 62.2 Å². The van der Waals surface area contributed by atoms with Crippen LogP contribution in [0.2, 0.25) is 5.02 Å². The summed E-state index contributed by atoms with van der Waals surface area (Å²) in [5, 5.41) is 3.01. The minimum atomic E-state index is -3.43. The van der Waals surface area contributed by atoms with Crippen molar-refractivity contribution in [2.75, 3.05) is 21.9 Å². The average Bonchev–Trinajstić information content (AvgIpc) is 2.62. The number of carbonyl (C=O) groups is 2. The van der Waals surface area contributed by atoms with Crippen molar-refractivity contribution in [1.29, 1.82) is 0 Å². The molecule has 0 unspecified atom stereocenters. The highest BCUT2D eigenvalue weighted by Crippen LogP contribution is 2.32. The van der Waals surface area contributed by atoms with Gasteiger partial charge in [0.2, 0.25) is 10.0 Å². The Morgan fingerprint density at radius 1 is 1.04 bits per heavy atom. The molecule has 2 aromatic carbocycles. The monoisotopic (exact) mass is 406 g/mol. The molecule has 1 heterocycles. The lowest BCUT2D eigenvalue weighted by molar-refractivity contribution is 0.101. The summed E-state index contributed by atoms with van der Waals surface area (Å²) in [4.78, 5) is 23.9. The van der Waals surface area contributed by atoms with Gasteiger partial charge in [0.15, 0.2) is 5.78 Å². The molecule has 1 N–H and O–H groups in total. The number of sulfonamides is 1. The highest BCUT2D eigenvalue weighted by atomic mass is 35.5. The molecule has 2 aromatic rings. The van der Waals surface area contributed by atoms with Gasteiger partial charge < -0.3 is 5.32 Å². The fourth-order valence-corrected chi connectivity index (χ4v) is 4.81. The summed E-state index contributed by atoms with van der Waals surface area (Å²) in [6.45, 7) is 1.82. The van der Waals surface area contributed by atoms with Crippen molar-refractivity contribution in [2.24, 2.45) is 0 Å². The fraction of sp³-hybridized carbons (Fsp3) is 0.263. The van der Waals surface area contributed by atoms with Gasteiger partial charge in [-0.3, -0.25) is 13.9 Å². The number of ketones is 1. The van der Waals surface area contributed by atoms with E-state index in [2.05, 4.69) is 5.32 Å². The first-order valence-electron chi connectivity index (χ1n) is 8.50. The topological polar surface area (TPSA) is 83.6 Å². The van der Waals surface area contributed by atoms with Gasteiger partial charge in [-0.15, -0.1) is 0 Å². The quantitative estimate of drug-likeness (QED) is 0.784. The third kappa shape index (κ3) is 4.31. The maximum absolute atomic E-state index is 12.6. The number of amides is 1. The van der Waals surface area contributed by atoms with Crippen molar-refractivity contribution in [2.45, 2.75) is 19.8 Å². The Kier molecular flexibility index (Phi) is 5.53. The minimum Gasteiger partial charge on any atom is -0.322 e. The highest BCUT2D eigenvalue weighted by molar-refractivity contribution is 7.92. The van der Waals surface area contributed by atoms with Crippen LogP contribution in [0.5, 0.6) is 0 Å². The van der Waals surface area contributed by atoms with E-state index in [-0.39, 0.29) is 16.6 Å². The summed E-state index contributed by atoms with van der Waals surface area (Å²) in [6, 6.07) is 11.1. The zero-order valence-electron chi connectivity index (χ0n) is 14.7. The van der Waals surface area contributed by atoms with Crippen LogP contribution in [0.3, 0.4) is 0 Å². The maximum atomic E-state index is 12.6. The zero-order chi connectivity index (χ0) is 19.6. The molecule has 0 radical (unpaired) electrons. The summed E-state index contributed by atoms with van der Waals surface area (Å²) in [6.07, 6.45) is 1.36. The van der Waals surface area contributed by atoms with Crippen LogP contribution in [0.1, 0.15) is 40.5 Å². The SMILES string of the molecule is CC(=O)c1ccc(NC(=O)c2ccc(Cl)c(N3CCCCS3(=O)=O)c2)cc1. The lowest BCUT2D eigenvalue weighted by Crippen LogP contribution is -2.38. The van der Waals surface area contributed by atoms with Crippen LogP contribution in [0.4, 0.5) is 11.4 Å². The minimum absolute atomic E-state index is 0.0574. The van der Waals surface area contributed by atoms with Crippen molar-refractivity contribution < 1.29 is 18.0 Å². The third-order valence-corrected chi connectivity index (χ3v) is 6.55. The van der Waals surface area contributed by atoms with Gasteiger partial charge in [0.25, 0.3) is 5.91 Å². The van der Waals surface area contributed by atoms with Gasteiger partial charge in [-0.1, -0.05) is 11.6 Å². The number of nitrogens with one attached hydrogen (secondary N) is 1. The van der Waals surface area contributed by atoms with Gasteiger partial charge in [-0.2, -0.15) is 0 Å². The van der Waals surface area contributed by atoms with Crippen molar-refractivity contribution >= 4 is 44.7 Å². The number of nitrogens with zero attached hydrogens (tertiary/aromatic N) is 1. The van der Waals surface area contributed by atoms with Crippen LogP contribution in [-0.4, -0.2) is 32.4 Å². The summed E-state index contributed by atoms with van der Waals surface area (Å²) >= 11 is 6.20. The lowest BCUT2D eigenvalue weighted by Gasteiger charge is -2.29. The third-order valence-electron chi connectivity index (χ3n) is 4.38. The van der Waals surface area contributed by atoms with E-state index in [4.69, 9.17) is 11.6 Å². The zero-order valence-corrected chi connectivity index (χ0v) is 16.3. The Balaban J connectivity index is 1.84. The van der Waals surface area contributed by atoms with Gasteiger partial charge >= 0.3 is 0 Å². The Morgan fingerprint density at radius 3 is 2.33 bits per heavy atom. The number of rotatable bonds is 4. The average molecular weight is 407 g/mol. The molecule has 0 atom stereocenters. The second kappa shape index (κ2) is 7.70. The first-order chi connectivity index (χ1) is 12.8. The molecule has 142 valence electrons. The summed E-state index contributed by atoms with van der Waals surface area (Å²) in [5.74, 6) is -0.377. The van der Waals surface area contributed by atoms with E-state index in [1.807, 2.05) is 0 Å². The molecule has 6 nitrogen and oxygen atoms in total. The Bertz CT molecular complexity index is 987. The van der Waals surface area contributed by atoms with E-state index >= 15 is 0 Å². The highest BCUT2D eigenvalue weighted by Gasteiger charge is 2.28. The predicted octanol–water partition coefficient (Wildman–Crippen LogP) is 3.72. The molecule has 27 heavy (non-hydrogen) atoms. The van der Waals surface area contributed by atoms with Gasteiger partial charge in [0, 0.05) is 23.4 Å². The van der Waals surface area contributed by atoms with E-state index in [1.54, 1.807) is 30.3 Å². The summed E-state index contributed by atoms with van der Waals surface area (Å²) in [5.41, 5.74) is 1.70. The molecule has 0 spiro atoms. The molecule has 0 aliphatic carbocycles. The van der Waals surface area contributed by atoms with E-state index in [0.29, 0.717) is 35.5 Å². The Hall–Kier alpha value is -2.38. The van der Waals surface area contributed by atoms with Crippen LogP contribution < -0.4 is 9.62 Å². The van der Waals surface area contributed by atoms with Crippen LogP contribution in [0, 0.1) is 0 Å². The second-order valence-corrected chi connectivity index (χ2v) is 8.77. The van der Waals surface area contributed by atoms with Crippen LogP contribution in [0.15, 0.2) is 42.5 Å². The Morgan fingerprint density at radius 2 is 1.70 bits per heavy atom. The number of carbonyl (C=O) groups excluding carboxylic acids is 2. The number of benzene rings is 2.